The third-order valence-corrected chi connectivity index (χ3v) is 1.95. The second kappa shape index (κ2) is 13.0. The van der Waals surface area contributed by atoms with E-state index in [9.17, 15) is 4.79 Å². The number of rotatable bonds is 6. The number of carboxylic acid groups (broad SMARTS) is 1. The van der Waals surface area contributed by atoms with E-state index >= 15 is 0 Å². The van der Waals surface area contributed by atoms with E-state index in [0.29, 0.717) is 6.42 Å². The van der Waals surface area contributed by atoms with E-state index in [0.717, 1.165) is 32.1 Å². The highest BCUT2D eigenvalue weighted by molar-refractivity contribution is 5.69. The molecule has 0 fully saturated rings. The number of nitrogens with zero attached hydrogens (tertiary/aromatic N) is 1. The molecule has 87 valence electrons. The van der Waals surface area contributed by atoms with Crippen LogP contribution in [-0.2, 0) is 4.79 Å². The van der Waals surface area contributed by atoms with Crippen LogP contribution in [0.1, 0.15) is 52.4 Å². The first-order valence-corrected chi connectivity index (χ1v) is 5.49. The van der Waals surface area contributed by atoms with Crippen molar-refractivity contribution in [1.29, 1.82) is 5.26 Å². The molecule has 1 atom stereocenters. The van der Waals surface area contributed by atoms with E-state index in [4.69, 9.17) is 10.4 Å². The van der Waals surface area contributed by atoms with Gasteiger partial charge in [-0.3, -0.25) is 4.79 Å². The summed E-state index contributed by atoms with van der Waals surface area (Å²) in [7, 11) is 0. The molecule has 3 heteroatoms. The van der Waals surface area contributed by atoms with Crippen LogP contribution in [0.5, 0.6) is 0 Å². The van der Waals surface area contributed by atoms with Crippen molar-refractivity contribution < 1.29 is 9.90 Å². The number of carboxylic acids is 1. The molecule has 0 saturated heterocycles. The van der Waals surface area contributed by atoms with Gasteiger partial charge in [-0.25, -0.2) is 0 Å². The summed E-state index contributed by atoms with van der Waals surface area (Å²) in [6.45, 7) is 7.33. The molecule has 1 N–H and O–H groups in total. The molecule has 1 unspecified atom stereocenters. The fourth-order valence-corrected chi connectivity index (χ4v) is 0.903. The Morgan fingerprint density at radius 1 is 1.53 bits per heavy atom. The maximum Gasteiger partial charge on any atom is 0.306 e. The molecule has 0 saturated carbocycles. The average Bonchev–Trinajstić information content (AvgIpc) is 2.20. The highest BCUT2D eigenvalue weighted by atomic mass is 16.4. The van der Waals surface area contributed by atoms with Crippen molar-refractivity contribution >= 4 is 5.97 Å². The van der Waals surface area contributed by atoms with Crippen LogP contribution in [-0.4, -0.2) is 11.1 Å². The van der Waals surface area contributed by atoms with Crippen molar-refractivity contribution in [3.8, 4) is 6.07 Å². The molecule has 0 aliphatic carbocycles. The Morgan fingerprint density at radius 3 is 2.40 bits per heavy atom. The van der Waals surface area contributed by atoms with Crippen LogP contribution in [0.3, 0.4) is 0 Å². The lowest BCUT2D eigenvalue weighted by molar-refractivity contribution is -0.141. The van der Waals surface area contributed by atoms with E-state index in [2.05, 4.69) is 13.8 Å². The Kier molecular flexibility index (Phi) is 14.2. The molecule has 0 aliphatic rings. The van der Waals surface area contributed by atoms with Crippen molar-refractivity contribution in [2.75, 3.05) is 0 Å². The van der Waals surface area contributed by atoms with Crippen LogP contribution >= 0.6 is 0 Å². The zero-order valence-corrected chi connectivity index (χ0v) is 9.83. The summed E-state index contributed by atoms with van der Waals surface area (Å²) in [4.78, 5) is 10.3. The van der Waals surface area contributed by atoms with Gasteiger partial charge in [-0.15, -0.1) is 0 Å². The summed E-state index contributed by atoms with van der Waals surface area (Å²) < 4.78 is 0. The van der Waals surface area contributed by atoms with Gasteiger partial charge in [0.1, 0.15) is 0 Å². The molecule has 15 heavy (non-hydrogen) atoms. The topological polar surface area (TPSA) is 61.1 Å². The van der Waals surface area contributed by atoms with Crippen LogP contribution in [0.25, 0.3) is 0 Å². The maximum absolute atomic E-state index is 10.3. The smallest absolute Gasteiger partial charge is 0.306 e. The molecule has 0 aliphatic heterocycles. The van der Waals surface area contributed by atoms with E-state index in [-0.39, 0.29) is 5.92 Å². The predicted molar refractivity (Wildman–Crippen MR) is 61.1 cm³/mol. The summed E-state index contributed by atoms with van der Waals surface area (Å²) in [5.41, 5.74) is 0. The number of aliphatic carboxylic acids is 1. The van der Waals surface area contributed by atoms with Gasteiger partial charge in [-0.05, 0) is 12.8 Å². The summed E-state index contributed by atoms with van der Waals surface area (Å²) >= 11 is 0. The third-order valence-electron chi connectivity index (χ3n) is 1.95. The van der Waals surface area contributed by atoms with Gasteiger partial charge in [0.05, 0.1) is 12.0 Å². The largest absolute Gasteiger partial charge is 0.481 e. The number of carbonyl (C=O) groups is 1. The van der Waals surface area contributed by atoms with Gasteiger partial charge in [-0.2, -0.15) is 5.26 Å². The SMILES string of the molecule is CCCCCC(C)C(=O)O.[CH2]CCC#N. The molecule has 0 spiro atoms. The monoisotopic (exact) mass is 212 g/mol. The summed E-state index contributed by atoms with van der Waals surface area (Å²) in [5.74, 6) is -0.831. The van der Waals surface area contributed by atoms with Crippen molar-refractivity contribution in [3.63, 3.8) is 0 Å². The van der Waals surface area contributed by atoms with E-state index < -0.39 is 5.97 Å². The Morgan fingerprint density at radius 2 is 2.13 bits per heavy atom. The van der Waals surface area contributed by atoms with Crippen molar-refractivity contribution in [3.05, 3.63) is 6.92 Å². The molecule has 0 bridgehead atoms. The Labute approximate surface area is 93.1 Å². The molecule has 0 rings (SSSR count). The number of unbranched alkanes of at least 4 members (excludes halogenated alkanes) is 3. The van der Waals surface area contributed by atoms with Crippen LogP contribution in [0.15, 0.2) is 0 Å². The highest BCUT2D eigenvalue weighted by Crippen LogP contribution is 2.08. The first kappa shape index (κ1) is 16.4. The average molecular weight is 212 g/mol. The van der Waals surface area contributed by atoms with Gasteiger partial charge in [0, 0.05) is 6.42 Å². The number of nitriles is 1. The molecule has 0 aromatic rings. The predicted octanol–water partition coefficient (Wildman–Crippen LogP) is 3.41. The second-order valence-electron chi connectivity index (χ2n) is 3.50. The second-order valence-corrected chi connectivity index (χ2v) is 3.50. The standard InChI is InChI=1S/C8H16O2.C4H6N/c1-3-4-5-6-7(2)8(9)10;1-2-3-4-5/h7H,3-6H2,1-2H3,(H,9,10);1-3H2. The number of hydrogen-bond donors (Lipinski definition) is 1. The quantitative estimate of drug-likeness (QED) is 0.686. The summed E-state index contributed by atoms with van der Waals surface area (Å²) in [5, 5.41) is 16.3. The molecule has 1 radical (unpaired) electrons. The zero-order chi connectivity index (χ0) is 12.1. The van der Waals surface area contributed by atoms with Crippen molar-refractivity contribution in [2.45, 2.75) is 52.4 Å². The maximum atomic E-state index is 10.3. The molecule has 0 aromatic heterocycles. The molecular weight excluding hydrogens is 190 g/mol. The van der Waals surface area contributed by atoms with Crippen LogP contribution in [0, 0.1) is 24.2 Å². The van der Waals surface area contributed by atoms with E-state index in [1.165, 1.54) is 0 Å². The van der Waals surface area contributed by atoms with Gasteiger partial charge < -0.3 is 5.11 Å². The molecular formula is C12H22NO2. The lowest BCUT2D eigenvalue weighted by atomic mass is 10.0. The van der Waals surface area contributed by atoms with Gasteiger partial charge in [0.2, 0.25) is 0 Å². The van der Waals surface area contributed by atoms with Crippen LogP contribution < -0.4 is 0 Å². The van der Waals surface area contributed by atoms with Crippen LogP contribution in [0.2, 0.25) is 0 Å². The molecule has 3 nitrogen and oxygen atoms in total. The zero-order valence-electron chi connectivity index (χ0n) is 9.83. The van der Waals surface area contributed by atoms with Crippen molar-refractivity contribution in [1.82, 2.24) is 0 Å². The summed E-state index contributed by atoms with van der Waals surface area (Å²) in [6.07, 6.45) is 5.49. The van der Waals surface area contributed by atoms with Gasteiger partial charge in [0.15, 0.2) is 0 Å². The Bertz CT molecular complexity index is 185. The first-order valence-electron chi connectivity index (χ1n) is 5.49. The van der Waals surface area contributed by atoms with E-state index in [1.54, 1.807) is 6.92 Å². The lowest BCUT2D eigenvalue weighted by Gasteiger charge is -2.03. The van der Waals surface area contributed by atoms with Gasteiger partial charge >= 0.3 is 5.97 Å². The fourth-order valence-electron chi connectivity index (χ4n) is 0.903. The van der Waals surface area contributed by atoms with Crippen LogP contribution in [0.4, 0.5) is 0 Å². The fraction of sp³-hybridized carbons (Fsp3) is 0.750. The van der Waals surface area contributed by atoms with Gasteiger partial charge in [0.25, 0.3) is 0 Å². The van der Waals surface area contributed by atoms with Crippen molar-refractivity contribution in [2.24, 2.45) is 5.92 Å². The molecule has 0 aromatic carbocycles. The lowest BCUT2D eigenvalue weighted by Crippen LogP contribution is -2.08. The first-order chi connectivity index (χ1) is 7.09. The Balaban J connectivity index is 0. The van der Waals surface area contributed by atoms with E-state index in [1.807, 2.05) is 6.07 Å². The normalized spacial score (nSPS) is 10.8. The van der Waals surface area contributed by atoms with Gasteiger partial charge in [-0.1, -0.05) is 40.0 Å². The highest BCUT2D eigenvalue weighted by Gasteiger charge is 2.08. The minimum absolute atomic E-state index is 0.161. The Hall–Kier alpha value is -1.04. The minimum Gasteiger partial charge on any atom is -0.481 e. The minimum atomic E-state index is -0.670. The number of hydrogen-bond acceptors (Lipinski definition) is 2. The molecule has 0 amide bonds. The molecule has 0 heterocycles. The summed E-state index contributed by atoms with van der Waals surface area (Å²) in [6, 6.07) is 1.95. The third kappa shape index (κ3) is 15.7.